The average Bonchev–Trinajstić information content (AvgIpc) is 3.10. The number of hydrogen-bond donors (Lipinski definition) is 1. The zero-order valence-electron chi connectivity index (χ0n) is 13.6. The van der Waals surface area contributed by atoms with E-state index in [4.69, 9.17) is 11.6 Å². The quantitative estimate of drug-likeness (QED) is 0.913. The molecule has 0 saturated carbocycles. The number of hydrogen-bond acceptors (Lipinski definition) is 2. The van der Waals surface area contributed by atoms with E-state index in [2.05, 4.69) is 5.32 Å². The molecule has 0 aliphatic carbocycles. The maximum Gasteiger partial charge on any atom is 0.257 e. The van der Waals surface area contributed by atoms with Crippen LogP contribution in [0, 0.1) is 12.7 Å². The number of carbonyl (C=O) groups excluding carboxylic acids is 1. The third-order valence-corrected chi connectivity index (χ3v) is 4.84. The maximum atomic E-state index is 14.1. The van der Waals surface area contributed by atoms with Crippen molar-refractivity contribution in [2.75, 3.05) is 13.1 Å². The Morgan fingerprint density at radius 2 is 2.12 bits per heavy atom. The van der Waals surface area contributed by atoms with Crippen LogP contribution < -0.4 is 5.32 Å². The number of aryl methyl sites for hydroxylation is 1. The van der Waals surface area contributed by atoms with Crippen molar-refractivity contribution in [1.29, 1.82) is 0 Å². The van der Waals surface area contributed by atoms with Crippen LogP contribution in [0.5, 0.6) is 0 Å². The molecule has 0 radical (unpaired) electrons. The van der Waals surface area contributed by atoms with E-state index in [1.807, 2.05) is 25.1 Å². The lowest BCUT2D eigenvalue weighted by Crippen LogP contribution is -2.41. The summed E-state index contributed by atoms with van der Waals surface area (Å²) in [7, 11) is 0. The third-order valence-electron chi connectivity index (χ3n) is 4.43. The van der Waals surface area contributed by atoms with Crippen LogP contribution in [0.25, 0.3) is 0 Å². The Balaban J connectivity index is 1.90. The van der Waals surface area contributed by atoms with Gasteiger partial charge in [-0.15, -0.1) is 0 Å². The van der Waals surface area contributed by atoms with Gasteiger partial charge in [-0.2, -0.15) is 0 Å². The van der Waals surface area contributed by atoms with Gasteiger partial charge < -0.3 is 10.2 Å². The van der Waals surface area contributed by atoms with Gasteiger partial charge in [0.1, 0.15) is 5.82 Å². The van der Waals surface area contributed by atoms with Gasteiger partial charge in [-0.05, 0) is 49.2 Å². The van der Waals surface area contributed by atoms with Crippen molar-refractivity contribution in [3.05, 3.63) is 70.0 Å². The fourth-order valence-electron chi connectivity index (χ4n) is 2.99. The van der Waals surface area contributed by atoms with Crippen LogP contribution in [-0.2, 0) is 6.54 Å². The van der Waals surface area contributed by atoms with E-state index in [1.54, 1.807) is 17.0 Å². The molecule has 0 aromatic heterocycles. The Hall–Kier alpha value is -1.91. The number of amides is 1. The van der Waals surface area contributed by atoms with Crippen molar-refractivity contribution < 1.29 is 9.18 Å². The molecule has 5 heteroatoms. The molecule has 1 aliphatic heterocycles. The summed E-state index contributed by atoms with van der Waals surface area (Å²) in [5.74, 6) is -0.765. The Morgan fingerprint density at radius 3 is 2.79 bits per heavy atom. The highest BCUT2D eigenvalue weighted by atomic mass is 35.5. The number of nitrogens with zero attached hydrogens (tertiary/aromatic N) is 1. The highest BCUT2D eigenvalue weighted by molar-refractivity contribution is 6.31. The molecule has 0 spiro atoms. The van der Waals surface area contributed by atoms with E-state index < -0.39 is 5.82 Å². The van der Waals surface area contributed by atoms with Crippen molar-refractivity contribution in [2.24, 2.45) is 0 Å². The molecule has 3 nitrogen and oxygen atoms in total. The molecule has 1 heterocycles. The SMILES string of the molecule is Cc1ccc(CN(C(=O)c2ccccc2F)C2CCNC2)cc1Cl. The van der Waals surface area contributed by atoms with Crippen LogP contribution in [-0.4, -0.2) is 29.9 Å². The molecule has 1 aliphatic rings. The first-order valence-electron chi connectivity index (χ1n) is 8.07. The van der Waals surface area contributed by atoms with Crippen molar-refractivity contribution in [1.82, 2.24) is 10.2 Å². The van der Waals surface area contributed by atoms with E-state index >= 15 is 0 Å². The van der Waals surface area contributed by atoms with Crippen LogP contribution in [0.3, 0.4) is 0 Å². The summed E-state index contributed by atoms with van der Waals surface area (Å²) in [4.78, 5) is 14.7. The Kier molecular flexibility index (Phi) is 5.17. The normalized spacial score (nSPS) is 17.0. The number of halogens is 2. The van der Waals surface area contributed by atoms with E-state index in [-0.39, 0.29) is 17.5 Å². The zero-order valence-corrected chi connectivity index (χ0v) is 14.3. The lowest BCUT2D eigenvalue weighted by Gasteiger charge is -2.29. The van der Waals surface area contributed by atoms with Crippen LogP contribution in [0.1, 0.15) is 27.9 Å². The van der Waals surface area contributed by atoms with Crippen molar-refractivity contribution in [3.8, 4) is 0 Å². The molecule has 0 bridgehead atoms. The predicted octanol–water partition coefficient (Wildman–Crippen LogP) is 3.79. The Morgan fingerprint density at radius 1 is 1.33 bits per heavy atom. The summed E-state index contributed by atoms with van der Waals surface area (Å²) < 4.78 is 14.1. The summed E-state index contributed by atoms with van der Waals surface area (Å²) >= 11 is 6.20. The lowest BCUT2D eigenvalue weighted by atomic mass is 10.1. The zero-order chi connectivity index (χ0) is 17.1. The summed E-state index contributed by atoms with van der Waals surface area (Å²) in [5, 5.41) is 3.94. The molecule has 2 aromatic rings. The fourth-order valence-corrected chi connectivity index (χ4v) is 3.20. The van der Waals surface area contributed by atoms with E-state index in [0.717, 1.165) is 30.6 Å². The molecule has 1 amide bonds. The average molecular weight is 347 g/mol. The van der Waals surface area contributed by atoms with Gasteiger partial charge in [-0.3, -0.25) is 4.79 Å². The second-order valence-corrected chi connectivity index (χ2v) is 6.55. The Labute approximate surface area is 146 Å². The van der Waals surface area contributed by atoms with Gasteiger partial charge in [0.15, 0.2) is 0 Å². The molecule has 126 valence electrons. The first kappa shape index (κ1) is 16.9. The minimum atomic E-state index is -0.486. The molecule has 3 rings (SSSR count). The van der Waals surface area contributed by atoms with Gasteiger partial charge in [-0.1, -0.05) is 35.9 Å². The van der Waals surface area contributed by atoms with Crippen molar-refractivity contribution in [3.63, 3.8) is 0 Å². The van der Waals surface area contributed by atoms with Gasteiger partial charge in [0.2, 0.25) is 0 Å². The highest BCUT2D eigenvalue weighted by Crippen LogP contribution is 2.22. The van der Waals surface area contributed by atoms with Gasteiger partial charge in [0.05, 0.1) is 5.56 Å². The van der Waals surface area contributed by atoms with Crippen molar-refractivity contribution >= 4 is 17.5 Å². The largest absolute Gasteiger partial charge is 0.330 e. The number of nitrogens with one attached hydrogen (secondary N) is 1. The number of rotatable bonds is 4. The first-order chi connectivity index (χ1) is 11.6. The molecule has 1 unspecified atom stereocenters. The predicted molar refractivity (Wildman–Crippen MR) is 93.7 cm³/mol. The molecule has 1 fully saturated rings. The standard InChI is InChI=1S/C19H20ClFN2O/c1-13-6-7-14(10-17(13)20)12-23(15-8-9-22-11-15)19(24)16-4-2-3-5-18(16)21/h2-7,10,15,22H,8-9,11-12H2,1H3. The second-order valence-electron chi connectivity index (χ2n) is 6.14. The van der Waals surface area contributed by atoms with Gasteiger partial charge in [0.25, 0.3) is 5.91 Å². The molecule has 1 atom stereocenters. The molecule has 2 aromatic carbocycles. The second kappa shape index (κ2) is 7.32. The highest BCUT2D eigenvalue weighted by Gasteiger charge is 2.28. The van der Waals surface area contributed by atoms with Crippen molar-refractivity contribution in [2.45, 2.75) is 25.9 Å². The molecule has 1 saturated heterocycles. The minimum absolute atomic E-state index is 0.0529. The summed E-state index contributed by atoms with van der Waals surface area (Å²) in [6.07, 6.45) is 0.861. The van der Waals surface area contributed by atoms with Gasteiger partial charge >= 0.3 is 0 Å². The lowest BCUT2D eigenvalue weighted by molar-refractivity contribution is 0.0671. The van der Waals surface area contributed by atoms with Crippen LogP contribution >= 0.6 is 11.6 Å². The molecular formula is C19H20ClFN2O. The molecule has 1 N–H and O–H groups in total. The minimum Gasteiger partial charge on any atom is -0.330 e. The number of benzene rings is 2. The van der Waals surface area contributed by atoms with E-state index in [9.17, 15) is 9.18 Å². The fraction of sp³-hybridized carbons (Fsp3) is 0.316. The summed E-state index contributed by atoms with van der Waals surface area (Å²) in [5.41, 5.74) is 2.06. The number of carbonyl (C=O) groups is 1. The van der Waals surface area contributed by atoms with Crippen LogP contribution in [0.2, 0.25) is 5.02 Å². The van der Waals surface area contributed by atoms with E-state index in [0.29, 0.717) is 11.6 Å². The van der Waals surface area contributed by atoms with Crippen LogP contribution in [0.4, 0.5) is 4.39 Å². The van der Waals surface area contributed by atoms with Crippen LogP contribution in [0.15, 0.2) is 42.5 Å². The Bertz CT molecular complexity index is 744. The third kappa shape index (κ3) is 3.60. The van der Waals surface area contributed by atoms with E-state index in [1.165, 1.54) is 12.1 Å². The first-order valence-corrected chi connectivity index (χ1v) is 8.45. The van der Waals surface area contributed by atoms with Gasteiger partial charge in [-0.25, -0.2) is 4.39 Å². The summed E-state index contributed by atoms with van der Waals surface area (Å²) in [6.45, 7) is 3.94. The summed E-state index contributed by atoms with van der Waals surface area (Å²) in [6, 6.07) is 12.0. The topological polar surface area (TPSA) is 32.3 Å². The molecular weight excluding hydrogens is 327 g/mol. The monoisotopic (exact) mass is 346 g/mol. The maximum absolute atomic E-state index is 14.1. The smallest absolute Gasteiger partial charge is 0.257 e. The van der Waals surface area contributed by atoms with Gasteiger partial charge in [0, 0.05) is 24.2 Å². The molecule has 24 heavy (non-hydrogen) atoms.